The third kappa shape index (κ3) is 2.58. The molecule has 0 N–H and O–H groups in total. The third-order valence-corrected chi connectivity index (χ3v) is 3.57. The van der Waals surface area contributed by atoms with Gasteiger partial charge in [-0.3, -0.25) is 4.79 Å². The fourth-order valence-electron chi connectivity index (χ4n) is 2.07. The fraction of sp³-hybridized carbons (Fsp3) is 0.545. The number of halogens is 2. The van der Waals surface area contributed by atoms with Crippen LogP contribution in [0.3, 0.4) is 0 Å². The van der Waals surface area contributed by atoms with Crippen LogP contribution in [0.1, 0.15) is 23.7 Å². The van der Waals surface area contributed by atoms with Crippen LogP contribution in [0.2, 0.25) is 10.3 Å². The summed E-state index contributed by atoms with van der Waals surface area (Å²) >= 11 is 11.6. The molecule has 2 rings (SSSR count). The Morgan fingerprint density at radius 3 is 2.83 bits per heavy atom. The van der Waals surface area contributed by atoms with Crippen molar-refractivity contribution in [1.29, 1.82) is 0 Å². The van der Waals surface area contributed by atoms with Gasteiger partial charge in [0.05, 0.1) is 17.7 Å². The maximum Gasteiger partial charge on any atom is 0.257 e. The average molecular weight is 290 g/mol. The monoisotopic (exact) mass is 289 g/mol. The van der Waals surface area contributed by atoms with Crippen LogP contribution >= 0.6 is 23.2 Å². The highest BCUT2D eigenvalue weighted by atomic mass is 35.5. The molecule has 98 valence electrons. The van der Waals surface area contributed by atoms with Gasteiger partial charge in [0, 0.05) is 13.7 Å². The second-order valence-electron chi connectivity index (χ2n) is 4.22. The molecule has 1 amide bonds. The maximum atomic E-state index is 12.3. The second kappa shape index (κ2) is 5.38. The quantitative estimate of drug-likeness (QED) is 0.836. The summed E-state index contributed by atoms with van der Waals surface area (Å²) in [6.45, 7) is 2.60. The Morgan fingerprint density at radius 2 is 2.22 bits per heavy atom. The maximum absolute atomic E-state index is 12.3. The highest BCUT2D eigenvalue weighted by Gasteiger charge is 2.32. The van der Waals surface area contributed by atoms with Crippen molar-refractivity contribution in [3.05, 3.63) is 21.9 Å². The number of rotatable bonds is 2. The Morgan fingerprint density at radius 1 is 1.50 bits per heavy atom. The average Bonchev–Trinajstić information content (AvgIpc) is 2.77. The van der Waals surface area contributed by atoms with E-state index in [1.807, 2.05) is 6.92 Å². The molecular weight excluding hydrogens is 277 g/mol. The van der Waals surface area contributed by atoms with E-state index in [0.717, 1.165) is 6.42 Å². The summed E-state index contributed by atoms with van der Waals surface area (Å²) < 4.78 is 5.45. The minimum atomic E-state index is -0.223. The second-order valence-corrected chi connectivity index (χ2v) is 4.96. The van der Waals surface area contributed by atoms with Crippen molar-refractivity contribution in [2.45, 2.75) is 25.5 Å². The predicted molar refractivity (Wildman–Crippen MR) is 68.0 cm³/mol. The van der Waals surface area contributed by atoms with Gasteiger partial charge in [-0.2, -0.15) is 0 Å². The van der Waals surface area contributed by atoms with Gasteiger partial charge in [0.2, 0.25) is 0 Å². The normalized spacial score (nSPS) is 23.1. The van der Waals surface area contributed by atoms with Crippen LogP contribution < -0.4 is 0 Å². The molecule has 2 unspecified atom stereocenters. The molecule has 1 fully saturated rings. The highest BCUT2D eigenvalue weighted by molar-refractivity contribution is 6.34. The number of hydrogen-bond acceptors (Lipinski definition) is 4. The van der Waals surface area contributed by atoms with E-state index in [4.69, 9.17) is 27.9 Å². The summed E-state index contributed by atoms with van der Waals surface area (Å²) in [5.74, 6) is -0.223. The van der Waals surface area contributed by atoms with Crippen molar-refractivity contribution in [3.63, 3.8) is 0 Å². The minimum Gasteiger partial charge on any atom is -0.376 e. The number of amides is 1. The lowest BCUT2D eigenvalue weighted by atomic mass is 10.1. The number of likely N-dealkylation sites (N-methyl/N-ethyl adjacent to an activating group) is 1. The molecule has 5 nitrogen and oxygen atoms in total. The molecule has 1 aromatic heterocycles. The van der Waals surface area contributed by atoms with E-state index in [2.05, 4.69) is 10.2 Å². The van der Waals surface area contributed by atoms with Crippen LogP contribution in [0.25, 0.3) is 0 Å². The number of nitrogens with zero attached hydrogens (tertiary/aromatic N) is 3. The first kappa shape index (κ1) is 13.5. The van der Waals surface area contributed by atoms with E-state index in [1.165, 1.54) is 6.07 Å². The lowest BCUT2D eigenvalue weighted by Gasteiger charge is -2.26. The van der Waals surface area contributed by atoms with Crippen molar-refractivity contribution < 1.29 is 9.53 Å². The summed E-state index contributed by atoms with van der Waals surface area (Å²) in [7, 11) is 1.73. The van der Waals surface area contributed by atoms with Gasteiger partial charge < -0.3 is 9.64 Å². The Hall–Kier alpha value is -0.910. The van der Waals surface area contributed by atoms with Crippen molar-refractivity contribution in [3.8, 4) is 0 Å². The lowest BCUT2D eigenvalue weighted by Crippen LogP contribution is -2.41. The van der Waals surface area contributed by atoms with Gasteiger partial charge >= 0.3 is 0 Å². The van der Waals surface area contributed by atoms with E-state index in [-0.39, 0.29) is 33.9 Å². The van der Waals surface area contributed by atoms with Gasteiger partial charge in [-0.05, 0) is 19.4 Å². The number of carbonyl (C=O) groups is 1. The van der Waals surface area contributed by atoms with Gasteiger partial charge in [-0.25, -0.2) is 0 Å². The standard InChI is InChI=1S/C11H13Cl2N3O2/c1-6-8(3-4-18-6)16(2)11(17)7-5-9(12)14-15-10(7)13/h5-6,8H,3-4H2,1-2H3. The molecule has 1 aromatic rings. The topological polar surface area (TPSA) is 55.3 Å². The van der Waals surface area contributed by atoms with E-state index in [1.54, 1.807) is 11.9 Å². The Balaban J connectivity index is 2.22. The number of ether oxygens (including phenoxy) is 1. The van der Waals surface area contributed by atoms with Crippen molar-refractivity contribution in [1.82, 2.24) is 15.1 Å². The molecule has 0 bridgehead atoms. The molecule has 1 aliphatic rings. The van der Waals surface area contributed by atoms with E-state index >= 15 is 0 Å². The van der Waals surface area contributed by atoms with Crippen molar-refractivity contribution in [2.75, 3.05) is 13.7 Å². The van der Waals surface area contributed by atoms with Gasteiger partial charge in [-0.15, -0.1) is 10.2 Å². The SMILES string of the molecule is CC1OCCC1N(C)C(=O)c1cc(Cl)nnc1Cl. The van der Waals surface area contributed by atoms with Gasteiger partial charge in [-0.1, -0.05) is 23.2 Å². The first-order valence-corrected chi connectivity index (χ1v) is 6.33. The molecule has 0 radical (unpaired) electrons. The molecule has 0 saturated carbocycles. The summed E-state index contributed by atoms with van der Waals surface area (Å²) in [6, 6.07) is 1.47. The Kier molecular flexibility index (Phi) is 4.04. The van der Waals surface area contributed by atoms with Crippen molar-refractivity contribution in [2.24, 2.45) is 0 Å². The van der Waals surface area contributed by atoms with Gasteiger partial charge in [0.1, 0.15) is 0 Å². The van der Waals surface area contributed by atoms with Crippen molar-refractivity contribution >= 4 is 29.1 Å². The number of carbonyl (C=O) groups excluding carboxylic acids is 1. The van der Waals surface area contributed by atoms with Gasteiger partial charge in [0.15, 0.2) is 10.3 Å². The highest BCUT2D eigenvalue weighted by Crippen LogP contribution is 2.23. The zero-order valence-electron chi connectivity index (χ0n) is 10.1. The Labute approximate surface area is 115 Å². The summed E-state index contributed by atoms with van der Waals surface area (Å²) in [5.41, 5.74) is 0.262. The molecule has 1 saturated heterocycles. The molecule has 1 aliphatic heterocycles. The number of hydrogen-bond donors (Lipinski definition) is 0. The van der Waals surface area contributed by atoms with Crippen LogP contribution in [-0.2, 0) is 4.74 Å². The molecule has 0 aromatic carbocycles. The van der Waals surface area contributed by atoms with Gasteiger partial charge in [0.25, 0.3) is 5.91 Å². The predicted octanol–water partition coefficient (Wildman–Crippen LogP) is 2.03. The van der Waals surface area contributed by atoms with Crippen LogP contribution in [-0.4, -0.2) is 46.8 Å². The van der Waals surface area contributed by atoms with Crippen LogP contribution in [0.5, 0.6) is 0 Å². The summed E-state index contributed by atoms with van der Waals surface area (Å²) in [5, 5.41) is 7.42. The van der Waals surface area contributed by atoms with E-state index in [0.29, 0.717) is 6.61 Å². The molecule has 2 atom stereocenters. The van der Waals surface area contributed by atoms with Crippen LogP contribution in [0, 0.1) is 0 Å². The van der Waals surface area contributed by atoms with Crippen LogP contribution in [0.15, 0.2) is 6.07 Å². The Bertz CT molecular complexity index is 470. The zero-order valence-corrected chi connectivity index (χ0v) is 11.6. The molecule has 18 heavy (non-hydrogen) atoms. The number of aromatic nitrogens is 2. The summed E-state index contributed by atoms with van der Waals surface area (Å²) in [6.07, 6.45) is 0.829. The largest absolute Gasteiger partial charge is 0.376 e. The molecule has 7 heteroatoms. The molecular formula is C11H13Cl2N3O2. The van der Waals surface area contributed by atoms with E-state index in [9.17, 15) is 4.79 Å². The van der Waals surface area contributed by atoms with Crippen LogP contribution in [0.4, 0.5) is 0 Å². The molecule has 0 aliphatic carbocycles. The minimum absolute atomic E-state index is 0.0167. The lowest BCUT2D eigenvalue weighted by molar-refractivity contribution is 0.0574. The first-order chi connectivity index (χ1) is 8.50. The zero-order chi connectivity index (χ0) is 13.3. The third-order valence-electron chi connectivity index (χ3n) is 3.10. The van der Waals surface area contributed by atoms with E-state index < -0.39 is 0 Å². The molecule has 2 heterocycles. The first-order valence-electron chi connectivity index (χ1n) is 5.58. The molecule has 0 spiro atoms. The fourth-order valence-corrected chi connectivity index (χ4v) is 2.39. The summed E-state index contributed by atoms with van der Waals surface area (Å²) in [4.78, 5) is 13.9. The smallest absolute Gasteiger partial charge is 0.257 e.